The van der Waals surface area contributed by atoms with Crippen molar-refractivity contribution in [2.75, 3.05) is 20.8 Å². The second kappa shape index (κ2) is 6.13. The van der Waals surface area contributed by atoms with Crippen molar-refractivity contribution in [3.05, 3.63) is 12.4 Å². The van der Waals surface area contributed by atoms with Crippen LogP contribution in [0.2, 0.25) is 0 Å². The molecule has 0 saturated heterocycles. The molecule has 0 saturated carbocycles. The monoisotopic (exact) mass is 291 g/mol. The number of carboxylic acids is 1. The van der Waals surface area contributed by atoms with Crippen molar-refractivity contribution in [1.82, 2.24) is 14.1 Å². The number of rotatable bonds is 7. The lowest BCUT2D eigenvalue weighted by Gasteiger charge is -2.22. The number of carbonyl (C=O) groups is 1. The molecule has 0 aliphatic heterocycles. The molecule has 0 aliphatic rings. The summed E-state index contributed by atoms with van der Waals surface area (Å²) in [6.07, 6.45) is 2.33. The van der Waals surface area contributed by atoms with Crippen molar-refractivity contribution in [2.24, 2.45) is 0 Å². The first-order chi connectivity index (χ1) is 8.78. The van der Waals surface area contributed by atoms with E-state index in [1.54, 1.807) is 6.92 Å². The minimum absolute atomic E-state index is 0.0424. The molecular weight excluding hydrogens is 274 g/mol. The molecule has 8 nitrogen and oxygen atoms in total. The van der Waals surface area contributed by atoms with Crippen LogP contribution in [-0.4, -0.2) is 60.4 Å². The molecule has 1 aromatic rings. The van der Waals surface area contributed by atoms with Crippen LogP contribution in [0.5, 0.6) is 0 Å². The van der Waals surface area contributed by atoms with Gasteiger partial charge in [0.15, 0.2) is 0 Å². The molecule has 0 bridgehead atoms. The predicted octanol–water partition coefficient (Wildman–Crippen LogP) is -0.377. The quantitative estimate of drug-likeness (QED) is 0.735. The standard InChI is InChI=1S/C10H17N3O5S/c1-8(7-18-3)12(2)19(16,17)9-4-11-13(5-9)6-10(14)15/h4-5,8H,6-7H2,1-3H3,(H,14,15). The molecule has 1 unspecified atom stereocenters. The highest BCUT2D eigenvalue weighted by Gasteiger charge is 2.26. The first-order valence-corrected chi connectivity index (χ1v) is 6.94. The van der Waals surface area contributed by atoms with E-state index in [0.717, 1.165) is 10.9 Å². The molecule has 0 aliphatic carbocycles. The van der Waals surface area contributed by atoms with Gasteiger partial charge in [-0.15, -0.1) is 0 Å². The van der Waals surface area contributed by atoms with Crippen LogP contribution in [0.4, 0.5) is 0 Å². The second-order valence-corrected chi connectivity index (χ2v) is 6.09. The first kappa shape index (κ1) is 15.6. The third kappa shape index (κ3) is 3.75. The summed E-state index contributed by atoms with van der Waals surface area (Å²) in [5.41, 5.74) is 0. The number of hydrogen-bond acceptors (Lipinski definition) is 5. The van der Waals surface area contributed by atoms with Gasteiger partial charge in [-0.2, -0.15) is 9.40 Å². The molecule has 19 heavy (non-hydrogen) atoms. The zero-order valence-corrected chi connectivity index (χ0v) is 11.8. The second-order valence-electron chi connectivity index (χ2n) is 4.09. The number of aliphatic carboxylic acids is 1. The fourth-order valence-corrected chi connectivity index (χ4v) is 2.75. The Bertz CT molecular complexity index is 539. The fourth-order valence-electron chi connectivity index (χ4n) is 1.45. The van der Waals surface area contributed by atoms with Gasteiger partial charge in [0.25, 0.3) is 0 Å². The largest absolute Gasteiger partial charge is 0.480 e. The summed E-state index contributed by atoms with van der Waals surface area (Å²) in [6.45, 7) is 1.59. The first-order valence-electron chi connectivity index (χ1n) is 5.50. The van der Waals surface area contributed by atoms with Crippen molar-refractivity contribution in [3.8, 4) is 0 Å². The lowest BCUT2D eigenvalue weighted by Crippen LogP contribution is -2.37. The van der Waals surface area contributed by atoms with Crippen molar-refractivity contribution in [3.63, 3.8) is 0 Å². The molecule has 1 atom stereocenters. The molecule has 108 valence electrons. The highest BCUT2D eigenvalue weighted by molar-refractivity contribution is 7.89. The Kier molecular flexibility index (Phi) is 5.04. The number of carboxylic acid groups (broad SMARTS) is 1. The Hall–Kier alpha value is -1.45. The van der Waals surface area contributed by atoms with E-state index in [9.17, 15) is 13.2 Å². The zero-order chi connectivity index (χ0) is 14.6. The van der Waals surface area contributed by atoms with Crippen LogP contribution in [0.25, 0.3) is 0 Å². The van der Waals surface area contributed by atoms with Gasteiger partial charge in [0.2, 0.25) is 10.0 Å². The Morgan fingerprint density at radius 3 is 2.79 bits per heavy atom. The third-order valence-electron chi connectivity index (χ3n) is 2.61. The summed E-state index contributed by atoms with van der Waals surface area (Å²) in [7, 11) is -0.772. The SMILES string of the molecule is COCC(C)N(C)S(=O)(=O)c1cnn(CC(=O)O)c1. The van der Waals surface area contributed by atoms with Gasteiger partial charge in [-0.3, -0.25) is 9.48 Å². The van der Waals surface area contributed by atoms with E-state index in [-0.39, 0.29) is 24.1 Å². The maximum atomic E-state index is 12.2. The molecule has 1 rings (SSSR count). The average Bonchev–Trinajstić information content (AvgIpc) is 2.76. The van der Waals surface area contributed by atoms with Crippen molar-refractivity contribution in [1.29, 1.82) is 0 Å². The molecule has 1 aromatic heterocycles. The van der Waals surface area contributed by atoms with E-state index in [2.05, 4.69) is 5.10 Å². The number of likely N-dealkylation sites (N-methyl/N-ethyl adjacent to an activating group) is 1. The van der Waals surface area contributed by atoms with Gasteiger partial charge in [-0.1, -0.05) is 0 Å². The zero-order valence-electron chi connectivity index (χ0n) is 11.0. The van der Waals surface area contributed by atoms with Gasteiger partial charge >= 0.3 is 5.97 Å². The average molecular weight is 291 g/mol. The van der Waals surface area contributed by atoms with E-state index in [0.29, 0.717) is 0 Å². The van der Waals surface area contributed by atoms with E-state index in [1.165, 1.54) is 24.7 Å². The van der Waals surface area contributed by atoms with Crippen LogP contribution in [0.15, 0.2) is 17.3 Å². The number of methoxy groups -OCH3 is 1. The van der Waals surface area contributed by atoms with Crippen LogP contribution in [0.1, 0.15) is 6.92 Å². The normalized spacial score (nSPS) is 13.7. The highest BCUT2D eigenvalue weighted by Crippen LogP contribution is 2.15. The number of sulfonamides is 1. The molecule has 1 N–H and O–H groups in total. The Morgan fingerprint density at radius 1 is 1.63 bits per heavy atom. The molecule has 0 aromatic carbocycles. The third-order valence-corrected chi connectivity index (χ3v) is 4.54. The van der Waals surface area contributed by atoms with Gasteiger partial charge in [0.1, 0.15) is 11.4 Å². The number of nitrogens with zero attached hydrogens (tertiary/aromatic N) is 3. The summed E-state index contributed by atoms with van der Waals surface area (Å²) in [6, 6.07) is -0.335. The van der Waals surface area contributed by atoms with Crippen LogP contribution < -0.4 is 0 Å². The lowest BCUT2D eigenvalue weighted by atomic mass is 10.4. The Morgan fingerprint density at radius 2 is 2.26 bits per heavy atom. The van der Waals surface area contributed by atoms with Gasteiger partial charge in [-0.05, 0) is 6.92 Å². The molecule has 1 heterocycles. The molecule has 9 heteroatoms. The Balaban J connectivity index is 2.93. The summed E-state index contributed by atoms with van der Waals surface area (Å²) in [5.74, 6) is -1.09. The number of ether oxygens (including phenoxy) is 1. The topological polar surface area (TPSA) is 102 Å². The number of aromatic nitrogens is 2. The molecule has 0 radical (unpaired) electrons. The lowest BCUT2D eigenvalue weighted by molar-refractivity contribution is -0.137. The van der Waals surface area contributed by atoms with Crippen LogP contribution in [0.3, 0.4) is 0 Å². The van der Waals surface area contributed by atoms with Crippen LogP contribution in [-0.2, 0) is 26.1 Å². The van der Waals surface area contributed by atoms with Gasteiger partial charge in [-0.25, -0.2) is 8.42 Å². The maximum Gasteiger partial charge on any atom is 0.325 e. The molecular formula is C10H17N3O5S. The van der Waals surface area contributed by atoms with Gasteiger partial charge in [0, 0.05) is 26.4 Å². The predicted molar refractivity (Wildman–Crippen MR) is 66.1 cm³/mol. The highest BCUT2D eigenvalue weighted by atomic mass is 32.2. The summed E-state index contributed by atoms with van der Waals surface area (Å²) in [4.78, 5) is 10.5. The van der Waals surface area contributed by atoms with Crippen molar-refractivity contribution in [2.45, 2.75) is 24.4 Å². The van der Waals surface area contributed by atoms with Gasteiger partial charge < -0.3 is 9.84 Å². The van der Waals surface area contributed by atoms with E-state index >= 15 is 0 Å². The van der Waals surface area contributed by atoms with Crippen LogP contribution in [0, 0.1) is 0 Å². The summed E-state index contributed by atoms with van der Waals surface area (Å²) >= 11 is 0. The van der Waals surface area contributed by atoms with Gasteiger partial charge in [0.05, 0.1) is 12.8 Å². The summed E-state index contributed by atoms with van der Waals surface area (Å²) in [5, 5.41) is 12.3. The van der Waals surface area contributed by atoms with E-state index in [1.807, 2.05) is 0 Å². The van der Waals surface area contributed by atoms with E-state index in [4.69, 9.17) is 9.84 Å². The molecule has 0 fully saturated rings. The maximum absolute atomic E-state index is 12.2. The molecule has 0 spiro atoms. The molecule has 0 amide bonds. The van der Waals surface area contributed by atoms with E-state index < -0.39 is 16.0 Å². The fraction of sp³-hybridized carbons (Fsp3) is 0.600. The smallest absolute Gasteiger partial charge is 0.325 e. The summed E-state index contributed by atoms with van der Waals surface area (Å²) < 4.78 is 31.6. The Labute approximate surface area is 111 Å². The van der Waals surface area contributed by atoms with Crippen molar-refractivity contribution < 1.29 is 23.1 Å². The minimum Gasteiger partial charge on any atom is -0.480 e. The number of hydrogen-bond donors (Lipinski definition) is 1. The van der Waals surface area contributed by atoms with Crippen LogP contribution >= 0.6 is 0 Å². The van der Waals surface area contributed by atoms with Crippen molar-refractivity contribution >= 4 is 16.0 Å². The minimum atomic E-state index is -3.70.